The van der Waals surface area contributed by atoms with Crippen molar-refractivity contribution in [1.29, 1.82) is 0 Å². The van der Waals surface area contributed by atoms with Crippen LogP contribution in [-0.4, -0.2) is 47.9 Å². The molecule has 6 nitrogen and oxygen atoms in total. The van der Waals surface area contributed by atoms with Crippen LogP contribution in [0.3, 0.4) is 0 Å². The first-order valence-corrected chi connectivity index (χ1v) is 11.2. The SMILES string of the molecule is O=C(Nc1ccc(N2CCCN(C(=O)c3cccc(Br)c3)CC2)nc1)c1cc(F)cc(F)c1. The maximum absolute atomic E-state index is 13.3. The van der Waals surface area contributed by atoms with Crippen LogP contribution in [0.15, 0.2) is 65.3 Å². The van der Waals surface area contributed by atoms with E-state index in [2.05, 4.69) is 31.1 Å². The van der Waals surface area contributed by atoms with Crippen LogP contribution in [0, 0.1) is 11.6 Å². The van der Waals surface area contributed by atoms with Crippen molar-refractivity contribution in [3.8, 4) is 0 Å². The molecule has 1 aliphatic rings. The monoisotopic (exact) mass is 514 g/mol. The first-order chi connectivity index (χ1) is 15.9. The van der Waals surface area contributed by atoms with E-state index in [1.54, 1.807) is 12.1 Å². The zero-order valence-electron chi connectivity index (χ0n) is 17.6. The molecule has 170 valence electrons. The molecule has 0 atom stereocenters. The topological polar surface area (TPSA) is 65.5 Å². The number of anilines is 2. The molecule has 0 spiro atoms. The zero-order chi connectivity index (χ0) is 23.4. The summed E-state index contributed by atoms with van der Waals surface area (Å²) in [5, 5.41) is 2.59. The van der Waals surface area contributed by atoms with Gasteiger partial charge in [0.2, 0.25) is 0 Å². The van der Waals surface area contributed by atoms with Gasteiger partial charge in [0.25, 0.3) is 11.8 Å². The van der Waals surface area contributed by atoms with E-state index in [-0.39, 0.29) is 11.5 Å². The third-order valence-electron chi connectivity index (χ3n) is 5.31. The molecule has 0 radical (unpaired) electrons. The number of amides is 2. The van der Waals surface area contributed by atoms with E-state index in [9.17, 15) is 18.4 Å². The molecule has 2 amide bonds. The normalized spacial score (nSPS) is 14.0. The predicted octanol–water partition coefficient (Wildman–Crippen LogP) is 4.73. The van der Waals surface area contributed by atoms with E-state index in [0.717, 1.165) is 35.4 Å². The fourth-order valence-electron chi connectivity index (χ4n) is 3.69. The summed E-state index contributed by atoms with van der Waals surface area (Å²) in [7, 11) is 0. The maximum Gasteiger partial charge on any atom is 0.255 e. The van der Waals surface area contributed by atoms with Gasteiger partial charge in [-0.2, -0.15) is 0 Å². The molecule has 0 unspecified atom stereocenters. The summed E-state index contributed by atoms with van der Waals surface area (Å²) < 4.78 is 27.6. The molecule has 1 N–H and O–H groups in total. The summed E-state index contributed by atoms with van der Waals surface area (Å²) in [5.41, 5.74) is 0.947. The van der Waals surface area contributed by atoms with Gasteiger partial charge in [0.05, 0.1) is 11.9 Å². The number of pyridine rings is 1. The van der Waals surface area contributed by atoms with E-state index in [0.29, 0.717) is 37.0 Å². The Kier molecular flexibility index (Phi) is 6.98. The Labute approximate surface area is 198 Å². The van der Waals surface area contributed by atoms with Crippen LogP contribution in [-0.2, 0) is 0 Å². The van der Waals surface area contributed by atoms with Gasteiger partial charge in [0, 0.05) is 47.8 Å². The highest BCUT2D eigenvalue weighted by molar-refractivity contribution is 9.10. The molecule has 2 aromatic carbocycles. The summed E-state index contributed by atoms with van der Waals surface area (Å²) in [4.78, 5) is 33.4. The Morgan fingerprint density at radius 3 is 2.39 bits per heavy atom. The fraction of sp³-hybridized carbons (Fsp3) is 0.208. The number of rotatable bonds is 4. The smallest absolute Gasteiger partial charge is 0.255 e. The average Bonchev–Trinajstić information content (AvgIpc) is 3.05. The van der Waals surface area contributed by atoms with Crippen molar-refractivity contribution in [1.82, 2.24) is 9.88 Å². The van der Waals surface area contributed by atoms with Crippen LogP contribution in [0.5, 0.6) is 0 Å². The summed E-state index contributed by atoms with van der Waals surface area (Å²) in [6, 6.07) is 13.5. The van der Waals surface area contributed by atoms with Gasteiger partial charge in [0.1, 0.15) is 17.5 Å². The van der Waals surface area contributed by atoms with E-state index >= 15 is 0 Å². The Morgan fingerprint density at radius 1 is 0.909 bits per heavy atom. The van der Waals surface area contributed by atoms with E-state index < -0.39 is 17.5 Å². The standard InChI is InChI=1S/C24H21BrF2N4O2/c25-18-4-1-3-16(11-18)24(33)31-8-2-7-30(9-10-31)22-6-5-21(15-28-22)29-23(32)17-12-19(26)14-20(27)13-17/h1,3-6,11-15H,2,7-10H2,(H,29,32). The summed E-state index contributed by atoms with van der Waals surface area (Å²) in [6.45, 7) is 2.58. The summed E-state index contributed by atoms with van der Waals surface area (Å²) >= 11 is 3.40. The molecule has 1 aromatic heterocycles. The van der Waals surface area contributed by atoms with E-state index in [4.69, 9.17) is 0 Å². The van der Waals surface area contributed by atoms with Gasteiger partial charge in [-0.15, -0.1) is 0 Å². The molecule has 0 bridgehead atoms. The number of carbonyl (C=O) groups is 2. The molecule has 3 aromatic rings. The van der Waals surface area contributed by atoms with Crippen LogP contribution in [0.25, 0.3) is 0 Å². The van der Waals surface area contributed by atoms with Gasteiger partial charge in [-0.05, 0) is 48.9 Å². The number of nitrogens with zero attached hydrogens (tertiary/aromatic N) is 3. The minimum atomic E-state index is -0.817. The molecule has 0 saturated carbocycles. The molecule has 33 heavy (non-hydrogen) atoms. The van der Waals surface area contributed by atoms with Crippen molar-refractivity contribution >= 4 is 39.2 Å². The third kappa shape index (κ3) is 5.73. The summed E-state index contributed by atoms with van der Waals surface area (Å²) in [5.74, 6) is -1.54. The van der Waals surface area contributed by atoms with Gasteiger partial charge in [-0.3, -0.25) is 9.59 Å². The lowest BCUT2D eigenvalue weighted by Crippen LogP contribution is -2.35. The van der Waals surface area contributed by atoms with Crippen molar-refractivity contribution in [3.05, 3.63) is 88.0 Å². The Balaban J connectivity index is 1.38. The third-order valence-corrected chi connectivity index (χ3v) is 5.80. The molecular weight excluding hydrogens is 494 g/mol. The highest BCUT2D eigenvalue weighted by Gasteiger charge is 2.21. The van der Waals surface area contributed by atoms with Gasteiger partial charge in [-0.25, -0.2) is 13.8 Å². The number of nitrogens with one attached hydrogen (secondary N) is 1. The van der Waals surface area contributed by atoms with Crippen molar-refractivity contribution < 1.29 is 18.4 Å². The number of hydrogen-bond donors (Lipinski definition) is 1. The van der Waals surface area contributed by atoms with Gasteiger partial charge >= 0.3 is 0 Å². The molecular formula is C24H21BrF2N4O2. The lowest BCUT2D eigenvalue weighted by molar-refractivity contribution is 0.0766. The average molecular weight is 515 g/mol. The van der Waals surface area contributed by atoms with Crippen LogP contribution in [0.4, 0.5) is 20.3 Å². The van der Waals surface area contributed by atoms with Crippen molar-refractivity contribution in [2.24, 2.45) is 0 Å². The van der Waals surface area contributed by atoms with Crippen LogP contribution >= 0.6 is 15.9 Å². The van der Waals surface area contributed by atoms with Gasteiger partial charge < -0.3 is 15.1 Å². The molecule has 1 fully saturated rings. The van der Waals surface area contributed by atoms with E-state index in [1.165, 1.54) is 6.20 Å². The quantitative estimate of drug-likeness (QED) is 0.546. The Morgan fingerprint density at radius 2 is 1.70 bits per heavy atom. The van der Waals surface area contributed by atoms with Gasteiger partial charge in [-0.1, -0.05) is 22.0 Å². The Bertz CT molecular complexity index is 1150. The fourth-order valence-corrected chi connectivity index (χ4v) is 4.09. The van der Waals surface area contributed by atoms with Crippen molar-refractivity contribution in [3.63, 3.8) is 0 Å². The van der Waals surface area contributed by atoms with Crippen molar-refractivity contribution in [2.45, 2.75) is 6.42 Å². The van der Waals surface area contributed by atoms with Crippen LogP contribution < -0.4 is 10.2 Å². The lowest BCUT2D eigenvalue weighted by atomic mass is 10.2. The molecule has 1 aliphatic heterocycles. The second-order valence-electron chi connectivity index (χ2n) is 7.66. The molecule has 0 aliphatic carbocycles. The van der Waals surface area contributed by atoms with Crippen LogP contribution in [0.1, 0.15) is 27.1 Å². The first-order valence-electron chi connectivity index (χ1n) is 10.4. The zero-order valence-corrected chi connectivity index (χ0v) is 19.2. The molecule has 1 saturated heterocycles. The number of halogens is 3. The van der Waals surface area contributed by atoms with Crippen molar-refractivity contribution in [2.75, 3.05) is 36.4 Å². The summed E-state index contributed by atoms with van der Waals surface area (Å²) in [6.07, 6.45) is 2.29. The second kappa shape index (κ2) is 10.1. The van der Waals surface area contributed by atoms with Gasteiger partial charge in [0.15, 0.2) is 0 Å². The minimum Gasteiger partial charge on any atom is -0.355 e. The maximum atomic E-state index is 13.3. The highest BCUT2D eigenvalue weighted by Crippen LogP contribution is 2.19. The highest BCUT2D eigenvalue weighted by atomic mass is 79.9. The first kappa shape index (κ1) is 22.8. The molecule has 2 heterocycles. The Hall–Kier alpha value is -3.33. The largest absolute Gasteiger partial charge is 0.355 e. The second-order valence-corrected chi connectivity index (χ2v) is 8.58. The predicted molar refractivity (Wildman–Crippen MR) is 125 cm³/mol. The lowest BCUT2D eigenvalue weighted by Gasteiger charge is -2.23. The van der Waals surface area contributed by atoms with Crippen LogP contribution in [0.2, 0.25) is 0 Å². The number of benzene rings is 2. The number of aromatic nitrogens is 1. The minimum absolute atomic E-state index is 0.00189. The van der Waals surface area contributed by atoms with E-state index in [1.807, 2.05) is 29.2 Å². The number of carbonyl (C=O) groups excluding carboxylic acids is 2. The molecule has 9 heteroatoms. The molecule has 4 rings (SSSR count). The number of hydrogen-bond acceptors (Lipinski definition) is 4.